The normalized spacial score (nSPS) is 0. The maximum absolute atomic E-state index is 0. The predicted octanol–water partition coefficient (Wildman–Crippen LogP) is -7.35. The van der Waals surface area contributed by atoms with Crippen LogP contribution in [-0.2, 0) is 21.1 Å². The summed E-state index contributed by atoms with van der Waals surface area (Å²) < 4.78 is 0. The van der Waals surface area contributed by atoms with Crippen LogP contribution in [0.5, 0.6) is 0 Å². The van der Waals surface area contributed by atoms with Gasteiger partial charge >= 0.3 is 50.6 Å². The van der Waals surface area contributed by atoms with Crippen LogP contribution in [0, 0.1) is 0 Å². The molecule has 32 valence electrons. The van der Waals surface area contributed by atoms with Gasteiger partial charge in [-0.1, -0.05) is 25.2 Å². The van der Waals surface area contributed by atoms with Crippen molar-refractivity contribution in [1.82, 2.24) is 0 Å². The standard InChI is InChI=1S/3BH4.Na.Pt/h3*1H4;;/q3*-1;+1;+2. The first kappa shape index (κ1) is 67.2. The van der Waals surface area contributed by atoms with Crippen molar-refractivity contribution < 1.29 is 50.6 Å². The van der Waals surface area contributed by atoms with Crippen molar-refractivity contribution in [2.45, 2.75) is 0 Å². The van der Waals surface area contributed by atoms with E-state index in [4.69, 9.17) is 0 Å². The number of hydrogen-bond donors (Lipinski definition) is 0. The maximum atomic E-state index is 0. The first-order valence-corrected chi connectivity index (χ1v) is 0. The second-order valence-corrected chi connectivity index (χ2v) is 0. The molecule has 0 bridgehead atoms. The van der Waals surface area contributed by atoms with E-state index in [1.165, 1.54) is 0 Å². The molecular weight excluding hydrogens is 251 g/mol. The van der Waals surface area contributed by atoms with Gasteiger partial charge in [0.15, 0.2) is 0 Å². The van der Waals surface area contributed by atoms with E-state index in [0.717, 1.165) is 0 Å². The summed E-state index contributed by atoms with van der Waals surface area (Å²) in [5.74, 6) is 0. The van der Waals surface area contributed by atoms with Crippen molar-refractivity contribution in [3.05, 3.63) is 0 Å². The number of rotatable bonds is 0. The molecule has 0 N–H and O–H groups in total. The van der Waals surface area contributed by atoms with Crippen LogP contribution >= 0.6 is 0 Å². The average Bonchev–Trinajstić information content (AvgIpc) is 0. The Morgan fingerprint density at radius 2 is 0.600 bits per heavy atom. The molecule has 0 nitrogen and oxygen atoms in total. The molecule has 5 heteroatoms. The fourth-order valence-electron chi connectivity index (χ4n) is 0. The Labute approximate surface area is 75.1 Å². The van der Waals surface area contributed by atoms with E-state index in [-0.39, 0.29) is 75.9 Å². The van der Waals surface area contributed by atoms with Gasteiger partial charge in [-0.25, -0.2) is 0 Å². The second kappa shape index (κ2) is 39.6. The van der Waals surface area contributed by atoms with Gasteiger partial charge in [0.05, 0.1) is 0 Å². The van der Waals surface area contributed by atoms with Crippen LogP contribution in [0.25, 0.3) is 0 Å². The Balaban J connectivity index is 0. The molecule has 0 saturated heterocycles. The Morgan fingerprint density at radius 3 is 0.600 bits per heavy atom. The van der Waals surface area contributed by atoms with E-state index in [1.54, 1.807) is 0 Å². The molecule has 0 saturated carbocycles. The molecule has 0 aromatic carbocycles. The third kappa shape index (κ3) is 25.0. The quantitative estimate of drug-likeness (QED) is 0.381. The smallest absolute Gasteiger partial charge is 0.0626 e. The molecule has 0 atom stereocenters. The summed E-state index contributed by atoms with van der Waals surface area (Å²) in [5.41, 5.74) is 0. The van der Waals surface area contributed by atoms with Gasteiger partial charge in [-0.15, -0.1) is 0 Å². The van der Waals surface area contributed by atoms with Crippen molar-refractivity contribution in [2.75, 3.05) is 0 Å². The minimum Gasteiger partial charge on any atom is -0.0626 e. The topological polar surface area (TPSA) is 0 Å². The SMILES string of the molecule is [BH4-].[BH4-].[BH4-].[Na+].[Pt+2]. The summed E-state index contributed by atoms with van der Waals surface area (Å²) in [4.78, 5) is 0. The van der Waals surface area contributed by atoms with Gasteiger partial charge in [-0.2, -0.15) is 0 Å². The molecule has 0 aliphatic heterocycles. The Morgan fingerprint density at radius 1 is 0.600 bits per heavy atom. The fraction of sp³-hybridized carbons (Fsp3) is 0. The van der Waals surface area contributed by atoms with Gasteiger partial charge < -0.3 is 0 Å². The fourth-order valence-corrected chi connectivity index (χ4v) is 0. The minimum absolute atomic E-state index is 0. The third-order valence-corrected chi connectivity index (χ3v) is 0. The molecule has 0 aliphatic rings. The number of hydrogen-bond acceptors (Lipinski definition) is 0. The molecule has 0 aliphatic carbocycles. The zero-order valence-electron chi connectivity index (χ0n) is 1.32. The Hall–Kier alpha value is 1.88. The molecule has 0 fully saturated rings. The van der Waals surface area contributed by atoms with Crippen molar-refractivity contribution in [3.63, 3.8) is 0 Å². The van der Waals surface area contributed by atoms with Crippen LogP contribution < -0.4 is 29.6 Å². The van der Waals surface area contributed by atoms with Crippen molar-refractivity contribution >= 4 is 25.2 Å². The summed E-state index contributed by atoms with van der Waals surface area (Å²) in [6.45, 7) is 0. The first-order valence-electron chi connectivity index (χ1n) is 0. The Bertz CT molecular complexity index is 6.85. The van der Waals surface area contributed by atoms with Gasteiger partial charge in [0.25, 0.3) is 0 Å². The maximum Gasteiger partial charge on any atom is 2.00 e. The third-order valence-electron chi connectivity index (χ3n) is 0. The minimum atomic E-state index is 0. The predicted molar refractivity (Wildman–Crippen MR) is 34.0 cm³/mol. The molecular formula is H12B3NaPt. The summed E-state index contributed by atoms with van der Waals surface area (Å²) in [5, 5.41) is 0. The van der Waals surface area contributed by atoms with Crippen LogP contribution in [0.1, 0.15) is 0 Å². The molecule has 0 radical (unpaired) electrons. The van der Waals surface area contributed by atoms with E-state index in [0.29, 0.717) is 0 Å². The molecule has 0 spiro atoms. The monoisotopic (exact) mass is 263 g/mol. The zero-order chi connectivity index (χ0) is 0. The zero-order valence-corrected chi connectivity index (χ0v) is 5.59. The van der Waals surface area contributed by atoms with Crippen LogP contribution in [0.15, 0.2) is 0 Å². The van der Waals surface area contributed by atoms with E-state index in [2.05, 4.69) is 0 Å². The van der Waals surface area contributed by atoms with Crippen LogP contribution in [-0.4, -0.2) is 25.2 Å². The molecule has 0 heterocycles. The van der Waals surface area contributed by atoms with Gasteiger partial charge in [-0.05, 0) is 0 Å². The summed E-state index contributed by atoms with van der Waals surface area (Å²) >= 11 is 0. The van der Waals surface area contributed by atoms with Gasteiger partial charge in [0.1, 0.15) is 0 Å². The molecule has 0 amide bonds. The molecule has 0 aromatic heterocycles. The van der Waals surface area contributed by atoms with Gasteiger partial charge in [0, 0.05) is 0 Å². The largest absolute Gasteiger partial charge is 2.00 e. The van der Waals surface area contributed by atoms with Gasteiger partial charge in [-0.3, -0.25) is 0 Å². The van der Waals surface area contributed by atoms with E-state index < -0.39 is 0 Å². The van der Waals surface area contributed by atoms with Crippen molar-refractivity contribution in [3.8, 4) is 0 Å². The van der Waals surface area contributed by atoms with E-state index >= 15 is 0 Å². The first-order chi connectivity index (χ1) is 0. The molecule has 0 rings (SSSR count). The van der Waals surface area contributed by atoms with Crippen molar-refractivity contribution in [1.29, 1.82) is 0 Å². The molecule has 5 heavy (non-hydrogen) atoms. The van der Waals surface area contributed by atoms with Crippen LogP contribution in [0.3, 0.4) is 0 Å². The summed E-state index contributed by atoms with van der Waals surface area (Å²) in [6.07, 6.45) is 0. The molecule has 0 aromatic rings. The average molecular weight is 263 g/mol. The summed E-state index contributed by atoms with van der Waals surface area (Å²) in [6, 6.07) is 0. The summed E-state index contributed by atoms with van der Waals surface area (Å²) in [7, 11) is 0. The van der Waals surface area contributed by atoms with E-state index in [1.807, 2.05) is 0 Å². The van der Waals surface area contributed by atoms with Crippen molar-refractivity contribution in [2.24, 2.45) is 0 Å². The van der Waals surface area contributed by atoms with Crippen LogP contribution in [0.4, 0.5) is 0 Å². The van der Waals surface area contributed by atoms with Gasteiger partial charge in [0.2, 0.25) is 0 Å². The van der Waals surface area contributed by atoms with E-state index in [9.17, 15) is 0 Å². The second-order valence-electron chi connectivity index (χ2n) is 0. The Kier molecular flexibility index (Phi) is 532. The molecule has 0 unspecified atom stereocenters. The van der Waals surface area contributed by atoms with Crippen LogP contribution in [0.2, 0.25) is 0 Å².